The fraction of sp³-hybridized carbons (Fsp3) is 0.556. The van der Waals surface area contributed by atoms with Crippen LogP contribution in [0.5, 0.6) is 0 Å². The van der Waals surface area contributed by atoms with Gasteiger partial charge in [0.15, 0.2) is 0 Å². The highest BCUT2D eigenvalue weighted by atomic mass is 16.5. The van der Waals surface area contributed by atoms with Crippen molar-refractivity contribution in [1.82, 2.24) is 0 Å². The topological polar surface area (TPSA) is 50.1 Å². The molecular formula is C18H25NO2. The van der Waals surface area contributed by atoms with Gasteiger partial charge in [0.25, 0.3) is 0 Å². The zero-order valence-electron chi connectivity index (χ0n) is 12.9. The van der Waals surface area contributed by atoms with Crippen molar-refractivity contribution in [2.45, 2.75) is 57.8 Å². The summed E-state index contributed by atoms with van der Waals surface area (Å²) < 4.78 is 4.97. The Morgan fingerprint density at radius 2 is 1.90 bits per heavy atom. The number of nitrogens with zero attached hydrogens (tertiary/aromatic N) is 1. The second-order valence-electron chi connectivity index (χ2n) is 5.21. The van der Waals surface area contributed by atoms with E-state index in [2.05, 4.69) is 30.3 Å². The van der Waals surface area contributed by atoms with E-state index in [-0.39, 0.29) is 5.97 Å². The fourth-order valence-electron chi connectivity index (χ4n) is 2.52. The molecule has 0 aromatic heterocycles. The van der Waals surface area contributed by atoms with Crippen molar-refractivity contribution < 1.29 is 9.53 Å². The van der Waals surface area contributed by atoms with Gasteiger partial charge in [0.05, 0.1) is 12.7 Å². The number of hydrogen-bond acceptors (Lipinski definition) is 3. The van der Waals surface area contributed by atoms with E-state index in [1.165, 1.54) is 5.56 Å². The van der Waals surface area contributed by atoms with Crippen LogP contribution in [0.2, 0.25) is 0 Å². The third kappa shape index (κ3) is 7.51. The molecule has 0 spiro atoms. The lowest BCUT2D eigenvalue weighted by molar-refractivity contribution is -0.143. The van der Waals surface area contributed by atoms with Crippen LogP contribution in [0.25, 0.3) is 0 Å². The minimum absolute atomic E-state index is 0.103. The van der Waals surface area contributed by atoms with E-state index >= 15 is 0 Å². The van der Waals surface area contributed by atoms with Crippen LogP contribution in [0.1, 0.15) is 63.4 Å². The quantitative estimate of drug-likeness (QED) is 0.467. The van der Waals surface area contributed by atoms with Crippen LogP contribution in [-0.4, -0.2) is 12.6 Å². The minimum Gasteiger partial charge on any atom is -0.466 e. The number of carbonyl (C=O) groups excluding carboxylic acids is 1. The van der Waals surface area contributed by atoms with Crippen molar-refractivity contribution in [2.75, 3.05) is 6.61 Å². The molecule has 0 bridgehead atoms. The third-order valence-electron chi connectivity index (χ3n) is 3.60. The summed E-state index contributed by atoms with van der Waals surface area (Å²) in [5, 5.41) is 8.60. The Bertz CT molecular complexity index is 436. The first-order valence-corrected chi connectivity index (χ1v) is 7.85. The van der Waals surface area contributed by atoms with Crippen LogP contribution in [0.4, 0.5) is 0 Å². The number of ether oxygens (including phenoxy) is 1. The van der Waals surface area contributed by atoms with E-state index in [0.717, 1.165) is 32.1 Å². The number of esters is 1. The summed E-state index contributed by atoms with van der Waals surface area (Å²) in [5.41, 5.74) is 1.33. The lowest BCUT2D eigenvalue weighted by atomic mass is 9.89. The van der Waals surface area contributed by atoms with Gasteiger partial charge in [-0.25, -0.2) is 0 Å². The second kappa shape index (κ2) is 10.9. The molecule has 0 saturated heterocycles. The Kier molecular flexibility index (Phi) is 8.95. The second-order valence-corrected chi connectivity index (χ2v) is 5.21. The summed E-state index contributed by atoms with van der Waals surface area (Å²) in [5.74, 6) is 0.369. The van der Waals surface area contributed by atoms with Crippen LogP contribution < -0.4 is 0 Å². The molecule has 1 rings (SSSR count). The van der Waals surface area contributed by atoms with Crippen molar-refractivity contribution in [3.05, 3.63) is 35.9 Å². The monoisotopic (exact) mass is 287 g/mol. The average Bonchev–Trinajstić information content (AvgIpc) is 2.51. The van der Waals surface area contributed by atoms with Crippen LogP contribution in [0, 0.1) is 11.3 Å². The van der Waals surface area contributed by atoms with E-state index in [9.17, 15) is 4.79 Å². The van der Waals surface area contributed by atoms with Gasteiger partial charge in [-0.1, -0.05) is 36.8 Å². The molecule has 1 aromatic rings. The summed E-state index contributed by atoms with van der Waals surface area (Å²) in [6, 6.07) is 12.6. The number of unbranched alkanes of at least 4 members (excludes halogenated alkanes) is 2. The summed E-state index contributed by atoms with van der Waals surface area (Å²) >= 11 is 0. The first kappa shape index (κ1) is 17.2. The van der Waals surface area contributed by atoms with Crippen molar-refractivity contribution >= 4 is 5.97 Å². The molecule has 0 radical (unpaired) electrons. The summed E-state index contributed by atoms with van der Waals surface area (Å²) in [6.45, 7) is 2.29. The number of benzene rings is 1. The molecule has 0 aliphatic carbocycles. The molecule has 3 heteroatoms. The highest BCUT2D eigenvalue weighted by molar-refractivity contribution is 5.69. The molecule has 0 amide bonds. The molecule has 0 heterocycles. The maximum atomic E-state index is 11.4. The SMILES string of the molecule is CCOC(=O)CCC[C@@H](CCCCC#N)c1ccccc1. The molecular weight excluding hydrogens is 262 g/mol. The fourth-order valence-corrected chi connectivity index (χ4v) is 2.52. The lowest BCUT2D eigenvalue weighted by Crippen LogP contribution is -2.05. The summed E-state index contributed by atoms with van der Waals surface area (Å²) in [6.07, 6.45) is 6.07. The first-order valence-electron chi connectivity index (χ1n) is 7.85. The Labute approximate surface area is 127 Å². The van der Waals surface area contributed by atoms with Gasteiger partial charge >= 0.3 is 5.97 Å². The lowest BCUT2D eigenvalue weighted by Gasteiger charge is -2.17. The van der Waals surface area contributed by atoms with Gasteiger partial charge in [-0.15, -0.1) is 0 Å². The zero-order chi connectivity index (χ0) is 15.3. The molecule has 0 unspecified atom stereocenters. The Morgan fingerprint density at radius 3 is 2.57 bits per heavy atom. The average molecular weight is 287 g/mol. The molecule has 1 aromatic carbocycles. The standard InChI is InChI=1S/C18H25NO2/c1-2-21-18(20)14-9-13-17(12-7-4-8-15-19)16-10-5-3-6-11-16/h3,5-6,10-11,17H,2,4,7-9,12-14H2,1H3/t17-/m1/s1. The van der Waals surface area contributed by atoms with E-state index in [4.69, 9.17) is 10.00 Å². The normalized spacial score (nSPS) is 11.6. The summed E-state index contributed by atoms with van der Waals surface area (Å²) in [7, 11) is 0. The van der Waals surface area contributed by atoms with Crippen LogP contribution in [0.15, 0.2) is 30.3 Å². The van der Waals surface area contributed by atoms with Gasteiger partial charge in [-0.2, -0.15) is 5.26 Å². The maximum absolute atomic E-state index is 11.4. The third-order valence-corrected chi connectivity index (χ3v) is 3.60. The van der Waals surface area contributed by atoms with Crippen molar-refractivity contribution in [2.24, 2.45) is 0 Å². The molecule has 0 aliphatic rings. The molecule has 0 N–H and O–H groups in total. The van der Waals surface area contributed by atoms with Crippen molar-refractivity contribution in [3.63, 3.8) is 0 Å². The Morgan fingerprint density at radius 1 is 1.19 bits per heavy atom. The van der Waals surface area contributed by atoms with Gasteiger partial charge in [0.1, 0.15) is 0 Å². The van der Waals surface area contributed by atoms with E-state index < -0.39 is 0 Å². The van der Waals surface area contributed by atoms with Gasteiger partial charge in [0.2, 0.25) is 0 Å². The van der Waals surface area contributed by atoms with Crippen LogP contribution >= 0.6 is 0 Å². The number of nitriles is 1. The molecule has 0 aliphatic heterocycles. The molecule has 21 heavy (non-hydrogen) atoms. The van der Waals surface area contributed by atoms with E-state index in [0.29, 0.717) is 25.4 Å². The molecule has 0 fully saturated rings. The molecule has 114 valence electrons. The minimum atomic E-state index is -0.103. The van der Waals surface area contributed by atoms with Gasteiger partial charge in [0, 0.05) is 12.8 Å². The largest absolute Gasteiger partial charge is 0.466 e. The molecule has 1 atom stereocenters. The highest BCUT2D eigenvalue weighted by Crippen LogP contribution is 2.27. The van der Waals surface area contributed by atoms with Crippen LogP contribution in [-0.2, 0) is 9.53 Å². The van der Waals surface area contributed by atoms with Gasteiger partial charge in [-0.05, 0) is 44.1 Å². The Hall–Kier alpha value is -1.82. The summed E-state index contributed by atoms with van der Waals surface area (Å²) in [4.78, 5) is 11.4. The van der Waals surface area contributed by atoms with Crippen LogP contribution in [0.3, 0.4) is 0 Å². The van der Waals surface area contributed by atoms with Crippen molar-refractivity contribution in [1.29, 1.82) is 5.26 Å². The zero-order valence-corrected chi connectivity index (χ0v) is 12.9. The van der Waals surface area contributed by atoms with E-state index in [1.54, 1.807) is 0 Å². The number of hydrogen-bond donors (Lipinski definition) is 0. The predicted octanol–water partition coefficient (Wildman–Crippen LogP) is 4.59. The molecule has 3 nitrogen and oxygen atoms in total. The van der Waals surface area contributed by atoms with E-state index in [1.807, 2.05) is 13.0 Å². The smallest absolute Gasteiger partial charge is 0.305 e. The number of rotatable bonds is 10. The van der Waals surface area contributed by atoms with Gasteiger partial charge < -0.3 is 4.74 Å². The van der Waals surface area contributed by atoms with Gasteiger partial charge in [-0.3, -0.25) is 4.79 Å². The predicted molar refractivity (Wildman–Crippen MR) is 83.7 cm³/mol. The van der Waals surface area contributed by atoms with Crippen molar-refractivity contribution in [3.8, 4) is 6.07 Å². The number of carbonyl (C=O) groups is 1. The Balaban J connectivity index is 2.45. The highest BCUT2D eigenvalue weighted by Gasteiger charge is 2.12. The first-order chi connectivity index (χ1) is 10.3. The maximum Gasteiger partial charge on any atom is 0.305 e. The molecule has 0 saturated carbocycles.